The first-order valence-electron chi connectivity index (χ1n) is 5.77. The van der Waals surface area contributed by atoms with Crippen LogP contribution in [0.1, 0.15) is 17.2 Å². The third-order valence-corrected chi connectivity index (χ3v) is 2.69. The predicted molar refractivity (Wildman–Crippen MR) is 69.7 cm³/mol. The van der Waals surface area contributed by atoms with Crippen LogP contribution in [-0.4, -0.2) is 38.5 Å². The maximum Gasteiger partial charge on any atom is 0.329 e. The topological polar surface area (TPSA) is 91.0 Å². The molecule has 0 heterocycles. The van der Waals surface area contributed by atoms with Crippen molar-refractivity contribution in [1.82, 2.24) is 0 Å². The summed E-state index contributed by atoms with van der Waals surface area (Å²) in [4.78, 5) is 10.4. The molecule has 0 spiro atoms. The van der Waals surface area contributed by atoms with Crippen molar-refractivity contribution in [3.8, 4) is 11.5 Å². The second-order valence-corrected chi connectivity index (χ2v) is 4.08. The molecule has 1 atom stereocenters. The summed E-state index contributed by atoms with van der Waals surface area (Å²) in [6, 6.07) is 3.19. The second kappa shape index (κ2) is 6.96. The van der Waals surface area contributed by atoms with Crippen molar-refractivity contribution in [2.45, 2.75) is 13.0 Å². The van der Waals surface area contributed by atoms with Gasteiger partial charge in [-0.3, -0.25) is 0 Å². The first-order chi connectivity index (χ1) is 8.99. The molecule has 1 aromatic carbocycles. The molecule has 6 heteroatoms. The molecule has 0 amide bonds. The maximum absolute atomic E-state index is 10.4. The second-order valence-electron chi connectivity index (χ2n) is 4.08. The minimum absolute atomic E-state index is 0.128. The molecular formula is C13H19NO5. The Hall–Kier alpha value is -1.79. The summed E-state index contributed by atoms with van der Waals surface area (Å²) >= 11 is 0. The Morgan fingerprint density at radius 3 is 2.42 bits per heavy atom. The zero-order valence-corrected chi connectivity index (χ0v) is 11.3. The van der Waals surface area contributed by atoms with Crippen LogP contribution in [0.15, 0.2) is 12.1 Å². The molecule has 0 aliphatic rings. The van der Waals surface area contributed by atoms with Gasteiger partial charge in [0.05, 0.1) is 26.9 Å². The minimum atomic E-state index is -1.02. The van der Waals surface area contributed by atoms with Crippen molar-refractivity contribution >= 4 is 5.97 Å². The minimum Gasteiger partial charge on any atom is -0.493 e. The van der Waals surface area contributed by atoms with Crippen LogP contribution in [0, 0.1) is 6.92 Å². The Morgan fingerprint density at radius 1 is 1.32 bits per heavy atom. The van der Waals surface area contributed by atoms with Gasteiger partial charge in [0.1, 0.15) is 6.61 Å². The number of methoxy groups -OCH3 is 2. The highest BCUT2D eigenvalue weighted by Crippen LogP contribution is 2.32. The molecule has 106 valence electrons. The van der Waals surface area contributed by atoms with E-state index in [9.17, 15) is 4.79 Å². The van der Waals surface area contributed by atoms with Crippen LogP contribution in [0.2, 0.25) is 0 Å². The summed E-state index contributed by atoms with van der Waals surface area (Å²) in [7, 11) is 3.11. The maximum atomic E-state index is 10.4. The van der Waals surface area contributed by atoms with Crippen molar-refractivity contribution in [3.63, 3.8) is 0 Å². The first-order valence-corrected chi connectivity index (χ1v) is 5.77. The first kappa shape index (κ1) is 15.3. The van der Waals surface area contributed by atoms with Gasteiger partial charge in [0, 0.05) is 0 Å². The van der Waals surface area contributed by atoms with E-state index >= 15 is 0 Å². The van der Waals surface area contributed by atoms with E-state index in [0.717, 1.165) is 11.1 Å². The van der Waals surface area contributed by atoms with E-state index in [0.29, 0.717) is 11.5 Å². The lowest BCUT2D eigenvalue weighted by Gasteiger charge is -2.17. The van der Waals surface area contributed by atoms with Gasteiger partial charge in [0.15, 0.2) is 11.5 Å². The predicted octanol–water partition coefficient (Wildman–Crippen LogP) is 1.11. The zero-order chi connectivity index (χ0) is 14.4. The highest BCUT2D eigenvalue weighted by Gasteiger charge is 2.14. The number of aliphatic carboxylic acids is 1. The number of aryl methyl sites for hydroxylation is 1. The van der Waals surface area contributed by atoms with E-state index < -0.39 is 12.0 Å². The molecule has 0 fully saturated rings. The van der Waals surface area contributed by atoms with Gasteiger partial charge in [-0.1, -0.05) is 0 Å². The SMILES string of the molecule is COc1cc(C)c(C(N)COCC(=O)O)cc1OC. The molecule has 0 bridgehead atoms. The molecule has 1 unspecified atom stereocenters. The quantitative estimate of drug-likeness (QED) is 0.770. The molecule has 0 aliphatic heterocycles. The van der Waals surface area contributed by atoms with Crippen molar-refractivity contribution in [2.75, 3.05) is 27.4 Å². The number of rotatable bonds is 7. The van der Waals surface area contributed by atoms with Crippen LogP contribution >= 0.6 is 0 Å². The van der Waals surface area contributed by atoms with Crippen molar-refractivity contribution < 1.29 is 24.1 Å². The van der Waals surface area contributed by atoms with Crippen LogP contribution in [-0.2, 0) is 9.53 Å². The standard InChI is InChI=1S/C13H19NO5/c1-8-4-11(17-2)12(18-3)5-9(8)10(14)6-19-7-13(15)16/h4-5,10H,6-7,14H2,1-3H3,(H,15,16). The Morgan fingerprint density at radius 2 is 1.89 bits per heavy atom. The molecule has 1 rings (SSSR count). The number of benzene rings is 1. The molecular weight excluding hydrogens is 250 g/mol. The van der Waals surface area contributed by atoms with Crippen molar-refractivity contribution in [1.29, 1.82) is 0 Å². The monoisotopic (exact) mass is 269 g/mol. The highest BCUT2D eigenvalue weighted by atomic mass is 16.5. The molecule has 0 aliphatic carbocycles. The zero-order valence-electron chi connectivity index (χ0n) is 11.3. The number of nitrogens with two attached hydrogens (primary N) is 1. The van der Waals surface area contributed by atoms with Crippen LogP contribution in [0.4, 0.5) is 0 Å². The molecule has 19 heavy (non-hydrogen) atoms. The summed E-state index contributed by atoms with van der Waals surface area (Å²) in [5.41, 5.74) is 7.75. The van der Waals surface area contributed by atoms with Crippen LogP contribution in [0.25, 0.3) is 0 Å². The lowest BCUT2D eigenvalue weighted by molar-refractivity contribution is -0.142. The van der Waals surface area contributed by atoms with Crippen LogP contribution < -0.4 is 15.2 Å². The van der Waals surface area contributed by atoms with Gasteiger partial charge < -0.3 is 25.1 Å². The lowest BCUT2D eigenvalue weighted by Crippen LogP contribution is -2.20. The van der Waals surface area contributed by atoms with Gasteiger partial charge in [0.25, 0.3) is 0 Å². The van der Waals surface area contributed by atoms with E-state index in [1.54, 1.807) is 20.3 Å². The largest absolute Gasteiger partial charge is 0.493 e. The van der Waals surface area contributed by atoms with Gasteiger partial charge in [-0.2, -0.15) is 0 Å². The fraction of sp³-hybridized carbons (Fsp3) is 0.462. The Bertz CT molecular complexity index is 447. The van der Waals surface area contributed by atoms with Crippen LogP contribution in [0.3, 0.4) is 0 Å². The summed E-state index contributed by atoms with van der Waals surface area (Å²) in [5, 5.41) is 8.50. The fourth-order valence-corrected chi connectivity index (χ4v) is 1.76. The number of hydrogen-bond donors (Lipinski definition) is 2. The average Bonchev–Trinajstić information content (AvgIpc) is 2.37. The summed E-state index contributed by atoms with van der Waals surface area (Å²) in [6.45, 7) is 1.66. The average molecular weight is 269 g/mol. The third kappa shape index (κ3) is 4.11. The summed E-state index contributed by atoms with van der Waals surface area (Å²) in [5.74, 6) is 0.190. The number of hydrogen-bond acceptors (Lipinski definition) is 5. The van der Waals surface area contributed by atoms with Crippen molar-refractivity contribution in [3.05, 3.63) is 23.3 Å². The number of ether oxygens (including phenoxy) is 3. The summed E-state index contributed by atoms with van der Waals surface area (Å²) in [6.07, 6.45) is 0. The van der Waals surface area contributed by atoms with E-state index in [1.165, 1.54) is 0 Å². The smallest absolute Gasteiger partial charge is 0.329 e. The summed E-state index contributed by atoms with van der Waals surface area (Å²) < 4.78 is 15.4. The molecule has 3 N–H and O–H groups in total. The third-order valence-electron chi connectivity index (χ3n) is 2.69. The van der Waals surface area contributed by atoms with E-state index in [2.05, 4.69) is 0 Å². The molecule has 1 aromatic rings. The van der Waals surface area contributed by atoms with Crippen molar-refractivity contribution in [2.24, 2.45) is 5.73 Å². The van der Waals surface area contributed by atoms with Crippen LogP contribution in [0.5, 0.6) is 11.5 Å². The molecule has 0 saturated heterocycles. The van der Waals surface area contributed by atoms with Gasteiger partial charge >= 0.3 is 5.97 Å². The van der Waals surface area contributed by atoms with Gasteiger partial charge in [0.2, 0.25) is 0 Å². The molecule has 0 radical (unpaired) electrons. The van der Waals surface area contributed by atoms with E-state index in [-0.39, 0.29) is 13.2 Å². The van der Waals surface area contributed by atoms with E-state index in [1.807, 2.05) is 13.0 Å². The fourth-order valence-electron chi connectivity index (χ4n) is 1.76. The molecule has 0 saturated carbocycles. The number of carboxylic acid groups (broad SMARTS) is 1. The Labute approximate surface area is 112 Å². The molecule has 6 nitrogen and oxygen atoms in total. The van der Waals surface area contributed by atoms with Gasteiger partial charge in [-0.05, 0) is 30.2 Å². The van der Waals surface area contributed by atoms with E-state index in [4.69, 9.17) is 25.1 Å². The lowest BCUT2D eigenvalue weighted by atomic mass is 10.0. The normalized spacial score (nSPS) is 12.0. The molecule has 0 aromatic heterocycles. The highest BCUT2D eigenvalue weighted by molar-refractivity contribution is 5.68. The Balaban J connectivity index is 2.84. The Kier molecular flexibility index (Phi) is 5.59. The van der Waals surface area contributed by atoms with Gasteiger partial charge in [-0.25, -0.2) is 4.79 Å². The van der Waals surface area contributed by atoms with Gasteiger partial charge in [-0.15, -0.1) is 0 Å². The number of carboxylic acids is 1. The number of carbonyl (C=O) groups is 1.